The minimum atomic E-state index is -0.553. The second-order valence-corrected chi connectivity index (χ2v) is 12.1. The molecule has 3 heterocycles. The van der Waals surface area contributed by atoms with Gasteiger partial charge in [0.2, 0.25) is 5.95 Å². The molecule has 43 heavy (non-hydrogen) atoms. The van der Waals surface area contributed by atoms with Gasteiger partial charge >= 0.3 is 6.09 Å². The first-order valence-corrected chi connectivity index (χ1v) is 14.5. The number of rotatable bonds is 5. The molecule has 0 bridgehead atoms. The molecule has 0 unspecified atom stereocenters. The lowest BCUT2D eigenvalue weighted by atomic mass is 10.0. The van der Waals surface area contributed by atoms with Crippen molar-refractivity contribution in [1.82, 2.24) is 30.0 Å². The summed E-state index contributed by atoms with van der Waals surface area (Å²) in [6.07, 6.45) is 2.34. The zero-order valence-corrected chi connectivity index (χ0v) is 25.7. The van der Waals surface area contributed by atoms with E-state index in [1.54, 1.807) is 54.3 Å². The highest BCUT2D eigenvalue weighted by molar-refractivity contribution is 6.37. The third-order valence-corrected chi connectivity index (χ3v) is 7.43. The Morgan fingerprint density at radius 3 is 2.40 bits per heavy atom. The van der Waals surface area contributed by atoms with E-state index < -0.39 is 11.2 Å². The number of halogens is 2. The number of hydrogen-bond acceptors (Lipinski definition) is 8. The first-order chi connectivity index (χ1) is 20.4. The zero-order chi connectivity index (χ0) is 30.9. The second-order valence-electron chi connectivity index (χ2n) is 11.2. The number of carbonyl (C=O) groups excluding carboxylic acids is 2. The molecule has 11 nitrogen and oxygen atoms in total. The average Bonchev–Trinajstić information content (AvgIpc) is 2.95. The molecule has 0 radical (unpaired) electrons. The van der Waals surface area contributed by atoms with E-state index in [9.17, 15) is 14.4 Å². The lowest BCUT2D eigenvalue weighted by Crippen LogP contribution is -2.47. The summed E-state index contributed by atoms with van der Waals surface area (Å²) < 4.78 is 6.60. The minimum Gasteiger partial charge on any atom is -0.444 e. The van der Waals surface area contributed by atoms with E-state index in [1.807, 2.05) is 20.8 Å². The van der Waals surface area contributed by atoms with Crippen LogP contribution >= 0.6 is 23.2 Å². The van der Waals surface area contributed by atoms with Crippen LogP contribution in [-0.4, -0.2) is 61.4 Å². The predicted molar refractivity (Wildman–Crippen MR) is 166 cm³/mol. The fraction of sp³-hybridized carbons (Fsp3) is 0.333. The van der Waals surface area contributed by atoms with Crippen molar-refractivity contribution in [2.24, 2.45) is 0 Å². The summed E-state index contributed by atoms with van der Waals surface area (Å²) in [7, 11) is 0. The number of likely N-dealkylation sites (tertiary alicyclic amines) is 1. The van der Waals surface area contributed by atoms with E-state index in [2.05, 4.69) is 25.7 Å². The molecule has 2 N–H and O–H groups in total. The molecule has 1 saturated heterocycles. The maximum absolute atomic E-state index is 13.3. The fourth-order valence-corrected chi connectivity index (χ4v) is 5.30. The van der Waals surface area contributed by atoms with E-state index >= 15 is 0 Å². The van der Waals surface area contributed by atoms with Crippen LogP contribution < -0.4 is 16.2 Å². The predicted octanol–water partition coefficient (Wildman–Crippen LogP) is 5.66. The van der Waals surface area contributed by atoms with Gasteiger partial charge in [-0.3, -0.25) is 9.59 Å². The summed E-state index contributed by atoms with van der Waals surface area (Å²) in [6.45, 7) is 8.24. The molecule has 1 aliphatic rings. The van der Waals surface area contributed by atoms with E-state index in [1.165, 1.54) is 6.20 Å². The highest BCUT2D eigenvalue weighted by atomic mass is 35.5. The van der Waals surface area contributed by atoms with E-state index in [0.717, 1.165) is 4.68 Å². The van der Waals surface area contributed by atoms with Gasteiger partial charge in [0.05, 0.1) is 21.1 Å². The van der Waals surface area contributed by atoms with Gasteiger partial charge in [-0.25, -0.2) is 14.8 Å². The van der Waals surface area contributed by atoms with Gasteiger partial charge in [-0.2, -0.15) is 9.78 Å². The van der Waals surface area contributed by atoms with Crippen LogP contribution in [0.3, 0.4) is 0 Å². The number of para-hydroxylation sites is 1. The molecule has 1 fully saturated rings. The van der Waals surface area contributed by atoms with E-state index in [0.29, 0.717) is 48.4 Å². The Labute approximate surface area is 258 Å². The maximum Gasteiger partial charge on any atom is 0.410 e. The van der Waals surface area contributed by atoms with Crippen LogP contribution in [0.5, 0.6) is 0 Å². The molecular formula is C30H31Cl2N7O4. The van der Waals surface area contributed by atoms with Crippen molar-refractivity contribution in [3.8, 4) is 5.69 Å². The summed E-state index contributed by atoms with van der Waals surface area (Å²) in [5.41, 5.74) is 1.16. The SMILES string of the molecule is Cc1nn(-c2c(Cl)cccc2Cl)c(=O)c2cnc(Nc3cccc(C(=O)NC4CCN(C(=O)OC(C)(C)C)CC4)c3)nc12. The quantitative estimate of drug-likeness (QED) is 0.291. The molecule has 0 atom stereocenters. The maximum atomic E-state index is 13.3. The average molecular weight is 625 g/mol. The first kappa shape index (κ1) is 30.2. The van der Waals surface area contributed by atoms with Crippen molar-refractivity contribution < 1.29 is 14.3 Å². The lowest BCUT2D eigenvalue weighted by molar-refractivity contribution is 0.0199. The van der Waals surface area contributed by atoms with Gasteiger partial charge in [-0.05, 0) is 70.9 Å². The Kier molecular flexibility index (Phi) is 8.57. The number of nitrogens with one attached hydrogen (secondary N) is 2. The fourth-order valence-electron chi connectivity index (χ4n) is 4.74. The molecule has 1 aliphatic heterocycles. The van der Waals surface area contributed by atoms with Gasteiger partial charge in [0.25, 0.3) is 11.5 Å². The largest absolute Gasteiger partial charge is 0.444 e. The summed E-state index contributed by atoms with van der Waals surface area (Å²) in [6, 6.07) is 11.8. The standard InChI is InChI=1S/C30H31Cl2N7O4/c1-17-24-21(27(41)39(37-17)25-22(31)9-6-10-23(25)32)16-33-28(36-24)35-20-8-5-7-18(15-20)26(40)34-19-11-13-38(14-12-19)29(42)43-30(2,3)4/h5-10,15-16,19H,11-14H2,1-4H3,(H,34,40)(H,33,35,36). The van der Waals surface area contributed by atoms with Crippen LogP contribution in [0.2, 0.25) is 10.0 Å². The Morgan fingerprint density at radius 1 is 1.05 bits per heavy atom. The van der Waals surface area contributed by atoms with Crippen LogP contribution in [0.25, 0.3) is 16.6 Å². The summed E-state index contributed by atoms with van der Waals surface area (Å²) in [5.74, 6) is 0.00928. The van der Waals surface area contributed by atoms with E-state index in [-0.39, 0.29) is 45.1 Å². The molecule has 5 rings (SSSR count). The summed E-state index contributed by atoms with van der Waals surface area (Å²) in [4.78, 5) is 49.1. The van der Waals surface area contributed by atoms with E-state index in [4.69, 9.17) is 27.9 Å². The molecule has 224 valence electrons. The van der Waals surface area contributed by atoms with Crippen molar-refractivity contribution in [2.45, 2.75) is 52.2 Å². The molecule has 0 spiro atoms. The number of benzene rings is 2. The van der Waals surface area contributed by atoms with Gasteiger partial charge in [0.15, 0.2) is 0 Å². The third-order valence-electron chi connectivity index (χ3n) is 6.82. The first-order valence-electron chi connectivity index (χ1n) is 13.8. The van der Waals surface area contributed by atoms with Crippen LogP contribution in [0.15, 0.2) is 53.5 Å². The van der Waals surface area contributed by atoms with Crippen molar-refractivity contribution in [3.63, 3.8) is 0 Å². The number of ether oxygens (including phenoxy) is 1. The number of hydrogen-bond donors (Lipinski definition) is 2. The van der Waals surface area contributed by atoms with Crippen LogP contribution in [0, 0.1) is 6.92 Å². The monoisotopic (exact) mass is 623 g/mol. The van der Waals surface area contributed by atoms with Crippen LogP contribution in [-0.2, 0) is 4.74 Å². The number of anilines is 2. The summed E-state index contributed by atoms with van der Waals surface area (Å²) in [5, 5.41) is 11.4. The number of nitrogens with zero attached hydrogens (tertiary/aromatic N) is 5. The van der Waals surface area contributed by atoms with Gasteiger partial charge < -0.3 is 20.3 Å². The normalized spacial score (nSPS) is 14.0. The Hall–Kier alpha value is -4.22. The number of aromatic nitrogens is 4. The second kappa shape index (κ2) is 12.2. The van der Waals surface area contributed by atoms with Crippen molar-refractivity contribution in [3.05, 3.63) is 80.3 Å². The highest BCUT2D eigenvalue weighted by Gasteiger charge is 2.27. The molecule has 2 aromatic carbocycles. The minimum absolute atomic E-state index is 0.0632. The van der Waals surface area contributed by atoms with Crippen molar-refractivity contribution in [1.29, 1.82) is 0 Å². The summed E-state index contributed by atoms with van der Waals surface area (Å²) >= 11 is 12.6. The molecular weight excluding hydrogens is 593 g/mol. The number of piperidine rings is 1. The zero-order valence-electron chi connectivity index (χ0n) is 24.1. The highest BCUT2D eigenvalue weighted by Crippen LogP contribution is 2.27. The molecule has 0 saturated carbocycles. The Morgan fingerprint density at radius 2 is 1.72 bits per heavy atom. The van der Waals surface area contributed by atoms with Gasteiger partial charge in [0.1, 0.15) is 16.8 Å². The van der Waals surface area contributed by atoms with Gasteiger partial charge in [-0.1, -0.05) is 35.3 Å². The third kappa shape index (κ3) is 6.89. The number of carbonyl (C=O) groups is 2. The molecule has 4 aromatic rings. The Bertz CT molecular complexity index is 1740. The molecule has 2 amide bonds. The van der Waals surface area contributed by atoms with Crippen LogP contribution in [0.1, 0.15) is 49.7 Å². The Balaban J connectivity index is 1.27. The number of fused-ring (bicyclic) bond motifs is 1. The van der Waals surface area contributed by atoms with Crippen LogP contribution in [0.4, 0.5) is 16.4 Å². The number of amides is 2. The van der Waals surface area contributed by atoms with Crippen molar-refractivity contribution >= 4 is 57.7 Å². The lowest BCUT2D eigenvalue weighted by Gasteiger charge is -2.33. The molecule has 0 aliphatic carbocycles. The molecule has 13 heteroatoms. The molecule has 2 aromatic heterocycles. The van der Waals surface area contributed by atoms with Crippen molar-refractivity contribution in [2.75, 3.05) is 18.4 Å². The number of aryl methyl sites for hydroxylation is 1. The van der Waals surface area contributed by atoms with Gasteiger partial charge in [0, 0.05) is 36.6 Å². The topological polar surface area (TPSA) is 131 Å². The van der Waals surface area contributed by atoms with Gasteiger partial charge in [-0.15, -0.1) is 0 Å². The smallest absolute Gasteiger partial charge is 0.410 e.